The summed E-state index contributed by atoms with van der Waals surface area (Å²) in [5.74, 6) is 1.64. The summed E-state index contributed by atoms with van der Waals surface area (Å²) in [7, 11) is 0. The number of nitrogens with one attached hydrogen (secondary N) is 1. The van der Waals surface area contributed by atoms with Crippen LogP contribution in [0.2, 0.25) is 0 Å². The molecule has 0 unspecified atom stereocenters. The number of nitrogens with zero attached hydrogens (tertiary/aromatic N) is 2. The van der Waals surface area contributed by atoms with Crippen LogP contribution < -0.4 is 10.4 Å². The van der Waals surface area contributed by atoms with Gasteiger partial charge in [-0.2, -0.15) is 0 Å². The molecule has 0 amide bonds. The van der Waals surface area contributed by atoms with Crippen molar-refractivity contribution < 1.29 is 4.74 Å². The fraction of sp³-hybridized carbons (Fsp3) is 0.429. The summed E-state index contributed by atoms with van der Waals surface area (Å²) in [6, 6.07) is 8.34. The lowest BCUT2D eigenvalue weighted by molar-refractivity contribution is 0.343. The third-order valence-corrected chi connectivity index (χ3v) is 4.11. The number of hydrogen-bond acceptors (Lipinski definition) is 4. The summed E-state index contributed by atoms with van der Waals surface area (Å²) < 4.78 is 7.42. The molecule has 0 radical (unpaired) electrons. The molecule has 1 aliphatic carbocycles. The molecule has 6 heteroatoms. The lowest BCUT2D eigenvalue weighted by Crippen LogP contribution is -2.16. The van der Waals surface area contributed by atoms with E-state index >= 15 is 0 Å². The predicted molar refractivity (Wildman–Crippen MR) is 78.5 cm³/mol. The Morgan fingerprint density at radius 1 is 1.40 bits per heavy atom. The molecule has 1 aromatic heterocycles. The zero-order valence-electron chi connectivity index (χ0n) is 11.3. The Morgan fingerprint density at radius 3 is 2.85 bits per heavy atom. The van der Waals surface area contributed by atoms with Crippen LogP contribution in [-0.2, 0) is 0 Å². The minimum Gasteiger partial charge on any atom is -0.493 e. The molecule has 1 aromatic carbocycles. The molecule has 3 rings (SSSR count). The van der Waals surface area contributed by atoms with Gasteiger partial charge in [-0.15, -0.1) is 5.10 Å². The summed E-state index contributed by atoms with van der Waals surface area (Å²) in [6.45, 7) is 2.65. The molecule has 0 spiro atoms. The number of rotatable bonds is 6. The van der Waals surface area contributed by atoms with E-state index in [1.807, 2.05) is 31.2 Å². The van der Waals surface area contributed by atoms with Gasteiger partial charge in [-0.3, -0.25) is 4.57 Å². The number of aromatic amines is 1. The van der Waals surface area contributed by atoms with E-state index < -0.39 is 0 Å². The molecule has 20 heavy (non-hydrogen) atoms. The molecule has 1 aliphatic rings. The zero-order valence-corrected chi connectivity index (χ0v) is 12.2. The highest BCUT2D eigenvalue weighted by atomic mass is 32.2. The number of aromatic nitrogens is 3. The van der Waals surface area contributed by atoms with Crippen molar-refractivity contribution in [2.75, 3.05) is 12.4 Å². The van der Waals surface area contributed by atoms with E-state index in [4.69, 9.17) is 4.74 Å². The lowest BCUT2D eigenvalue weighted by atomic mass is 10.2. The second kappa shape index (κ2) is 5.75. The average molecular weight is 291 g/mol. The number of hydrogen-bond donors (Lipinski definition) is 1. The first-order valence-corrected chi connectivity index (χ1v) is 7.72. The normalized spacial score (nSPS) is 14.4. The standard InChI is InChI=1S/C14H17N3O2S/c1-10-2-6-12(7-3-10)19-8-9-20-14-16-15-13(18)17(14)11-4-5-11/h2-3,6-7,11H,4-5,8-9H2,1H3,(H,15,18). The van der Waals surface area contributed by atoms with Crippen molar-refractivity contribution in [1.82, 2.24) is 14.8 Å². The monoisotopic (exact) mass is 291 g/mol. The molecule has 5 nitrogen and oxygen atoms in total. The molecular formula is C14H17N3O2S. The fourth-order valence-corrected chi connectivity index (χ4v) is 2.80. The van der Waals surface area contributed by atoms with Crippen LogP contribution in [0.4, 0.5) is 0 Å². The van der Waals surface area contributed by atoms with E-state index in [-0.39, 0.29) is 5.69 Å². The second-order valence-electron chi connectivity index (χ2n) is 4.92. The molecule has 1 saturated carbocycles. The van der Waals surface area contributed by atoms with Gasteiger partial charge in [0.15, 0.2) is 5.16 Å². The molecule has 0 atom stereocenters. The quantitative estimate of drug-likeness (QED) is 0.656. The van der Waals surface area contributed by atoms with Gasteiger partial charge in [0.25, 0.3) is 0 Å². The van der Waals surface area contributed by atoms with Gasteiger partial charge in [-0.05, 0) is 31.9 Å². The van der Waals surface area contributed by atoms with E-state index in [1.54, 1.807) is 16.3 Å². The lowest BCUT2D eigenvalue weighted by Gasteiger charge is -2.06. The SMILES string of the molecule is Cc1ccc(OCCSc2n[nH]c(=O)n2C2CC2)cc1. The summed E-state index contributed by atoms with van der Waals surface area (Å²) in [5, 5.41) is 7.35. The third kappa shape index (κ3) is 3.07. The minimum absolute atomic E-state index is 0.102. The molecular weight excluding hydrogens is 274 g/mol. The van der Waals surface area contributed by atoms with Crippen LogP contribution in [0.15, 0.2) is 34.2 Å². The van der Waals surface area contributed by atoms with Crippen LogP contribution in [-0.4, -0.2) is 27.1 Å². The van der Waals surface area contributed by atoms with Gasteiger partial charge in [0.05, 0.1) is 6.61 Å². The third-order valence-electron chi connectivity index (χ3n) is 3.19. The highest BCUT2D eigenvalue weighted by molar-refractivity contribution is 7.99. The average Bonchev–Trinajstić information content (AvgIpc) is 3.21. The van der Waals surface area contributed by atoms with Gasteiger partial charge in [-0.1, -0.05) is 29.5 Å². The number of benzene rings is 1. The van der Waals surface area contributed by atoms with E-state index in [9.17, 15) is 4.79 Å². The van der Waals surface area contributed by atoms with E-state index in [0.29, 0.717) is 12.6 Å². The molecule has 1 N–H and O–H groups in total. The topological polar surface area (TPSA) is 59.9 Å². The highest BCUT2D eigenvalue weighted by Gasteiger charge is 2.28. The molecule has 106 valence electrons. The van der Waals surface area contributed by atoms with Gasteiger partial charge in [0, 0.05) is 11.8 Å². The number of thioether (sulfide) groups is 1. The van der Waals surface area contributed by atoms with Gasteiger partial charge in [-0.25, -0.2) is 9.89 Å². The first kappa shape index (κ1) is 13.3. The van der Waals surface area contributed by atoms with Gasteiger partial charge in [0.2, 0.25) is 0 Å². The Labute approximate surface area is 121 Å². The van der Waals surface area contributed by atoms with Crippen molar-refractivity contribution in [1.29, 1.82) is 0 Å². The fourth-order valence-electron chi connectivity index (χ4n) is 1.97. The van der Waals surface area contributed by atoms with Crippen LogP contribution in [0.3, 0.4) is 0 Å². The van der Waals surface area contributed by atoms with Gasteiger partial charge >= 0.3 is 5.69 Å². The zero-order chi connectivity index (χ0) is 13.9. The van der Waals surface area contributed by atoms with Crippen molar-refractivity contribution in [2.45, 2.75) is 31.0 Å². The Kier molecular flexibility index (Phi) is 3.82. The van der Waals surface area contributed by atoms with E-state index in [2.05, 4.69) is 10.2 Å². The summed E-state index contributed by atoms with van der Waals surface area (Å²) in [4.78, 5) is 11.6. The molecule has 0 saturated heterocycles. The van der Waals surface area contributed by atoms with Crippen molar-refractivity contribution >= 4 is 11.8 Å². The van der Waals surface area contributed by atoms with Crippen LogP contribution in [0.1, 0.15) is 24.4 Å². The molecule has 1 heterocycles. The smallest absolute Gasteiger partial charge is 0.344 e. The summed E-state index contributed by atoms with van der Waals surface area (Å²) in [6.07, 6.45) is 2.15. The van der Waals surface area contributed by atoms with Crippen molar-refractivity contribution in [3.8, 4) is 5.75 Å². The van der Waals surface area contributed by atoms with Crippen molar-refractivity contribution in [3.05, 3.63) is 40.3 Å². The molecule has 1 fully saturated rings. The van der Waals surface area contributed by atoms with Crippen LogP contribution in [0.25, 0.3) is 0 Å². The van der Waals surface area contributed by atoms with E-state index in [1.165, 1.54) is 5.56 Å². The Hall–Kier alpha value is -1.69. The van der Waals surface area contributed by atoms with Crippen molar-refractivity contribution in [3.63, 3.8) is 0 Å². The van der Waals surface area contributed by atoms with Crippen LogP contribution >= 0.6 is 11.8 Å². The maximum Gasteiger partial charge on any atom is 0.344 e. The number of ether oxygens (including phenoxy) is 1. The van der Waals surface area contributed by atoms with E-state index in [0.717, 1.165) is 29.5 Å². The maximum absolute atomic E-state index is 11.6. The largest absolute Gasteiger partial charge is 0.493 e. The number of aryl methyl sites for hydroxylation is 1. The predicted octanol–water partition coefficient (Wildman–Crippen LogP) is 2.39. The molecule has 0 aliphatic heterocycles. The summed E-state index contributed by atoms with van der Waals surface area (Å²) >= 11 is 1.55. The van der Waals surface area contributed by atoms with Crippen LogP contribution in [0, 0.1) is 6.92 Å². The Balaban J connectivity index is 1.50. The maximum atomic E-state index is 11.6. The van der Waals surface area contributed by atoms with Crippen molar-refractivity contribution in [2.24, 2.45) is 0 Å². The first-order valence-electron chi connectivity index (χ1n) is 6.73. The second-order valence-corrected chi connectivity index (χ2v) is 5.98. The molecule has 0 bridgehead atoms. The highest BCUT2D eigenvalue weighted by Crippen LogP contribution is 2.35. The minimum atomic E-state index is -0.102. The summed E-state index contributed by atoms with van der Waals surface area (Å²) in [5.41, 5.74) is 1.12. The van der Waals surface area contributed by atoms with Gasteiger partial charge in [0.1, 0.15) is 5.75 Å². The molecule has 2 aromatic rings. The first-order chi connectivity index (χ1) is 9.74. The Morgan fingerprint density at radius 2 is 2.15 bits per heavy atom. The van der Waals surface area contributed by atoms with Gasteiger partial charge < -0.3 is 4.74 Å². The van der Waals surface area contributed by atoms with Crippen LogP contribution in [0.5, 0.6) is 5.75 Å². The Bertz CT molecular complexity index is 629. The number of H-pyrrole nitrogens is 1.